The number of ether oxygens (including phenoxy) is 1. The Bertz CT molecular complexity index is 1440. The van der Waals surface area contributed by atoms with Gasteiger partial charge >= 0.3 is 0 Å². The maximum atomic E-state index is 13.7. The Labute approximate surface area is 235 Å². The highest BCUT2D eigenvalue weighted by atomic mass is 16.5. The molecular weight excluding hydrogens is 498 g/mol. The second-order valence-electron chi connectivity index (χ2n) is 11.1. The van der Waals surface area contributed by atoms with E-state index in [1.54, 1.807) is 12.1 Å². The zero-order valence-electron chi connectivity index (χ0n) is 22.8. The highest BCUT2D eigenvalue weighted by Gasteiger charge is 2.57. The highest BCUT2D eigenvalue weighted by molar-refractivity contribution is 6.22. The monoisotopic (exact) mass is 533 g/mol. The lowest BCUT2D eigenvalue weighted by molar-refractivity contribution is -0.122. The van der Waals surface area contributed by atoms with E-state index in [9.17, 15) is 14.7 Å². The number of carbonyl (C=O) groups is 2. The van der Waals surface area contributed by atoms with E-state index in [4.69, 9.17) is 4.74 Å². The quantitative estimate of drug-likeness (QED) is 0.192. The van der Waals surface area contributed by atoms with Crippen LogP contribution in [0.15, 0.2) is 96.1 Å². The van der Waals surface area contributed by atoms with Gasteiger partial charge in [0.15, 0.2) is 0 Å². The van der Waals surface area contributed by atoms with Crippen molar-refractivity contribution >= 4 is 29.2 Å². The van der Waals surface area contributed by atoms with Crippen LogP contribution in [0.2, 0.25) is 0 Å². The number of anilines is 1. The van der Waals surface area contributed by atoms with E-state index in [0.29, 0.717) is 18.7 Å². The van der Waals surface area contributed by atoms with Crippen LogP contribution in [0.25, 0.3) is 11.6 Å². The van der Waals surface area contributed by atoms with Crippen molar-refractivity contribution in [3.05, 3.63) is 107 Å². The molecule has 2 amide bonds. The molecule has 40 heavy (non-hydrogen) atoms. The molecule has 1 aliphatic carbocycles. The minimum absolute atomic E-state index is 0.0447. The Morgan fingerprint density at radius 1 is 0.925 bits per heavy atom. The number of phenols is 1. The highest BCUT2D eigenvalue weighted by Crippen LogP contribution is 2.51. The minimum atomic E-state index is -0.352. The summed E-state index contributed by atoms with van der Waals surface area (Å²) >= 11 is 0. The van der Waals surface area contributed by atoms with Gasteiger partial charge in [-0.1, -0.05) is 85.7 Å². The molecular formula is C35H35NO4. The Kier molecular flexibility index (Phi) is 7.40. The fourth-order valence-corrected chi connectivity index (χ4v) is 6.85. The lowest BCUT2D eigenvalue weighted by Crippen LogP contribution is -2.34. The van der Waals surface area contributed by atoms with E-state index in [1.807, 2.05) is 60.7 Å². The summed E-state index contributed by atoms with van der Waals surface area (Å²) < 4.78 is 6.46. The number of benzene rings is 3. The molecule has 0 aromatic heterocycles. The summed E-state index contributed by atoms with van der Waals surface area (Å²) in [5, 5.41) is 9.72. The third kappa shape index (κ3) is 4.90. The van der Waals surface area contributed by atoms with Crippen molar-refractivity contribution in [1.82, 2.24) is 0 Å². The SMILES string of the molecule is CCCC1=C2[C@@H](CC/C(=C/c3ccc(O)cc3)c3ccccc3)OC[C@@H]2[C@@H]2C(=O)N(c3ccccc3)C(=O)[C@@H]2C1. The predicted molar refractivity (Wildman–Crippen MR) is 157 cm³/mol. The van der Waals surface area contributed by atoms with Gasteiger partial charge in [-0.05, 0) is 72.2 Å². The van der Waals surface area contributed by atoms with E-state index >= 15 is 0 Å². The number of hydrogen-bond donors (Lipinski definition) is 1. The van der Waals surface area contributed by atoms with Crippen LogP contribution in [0.4, 0.5) is 5.69 Å². The second kappa shape index (κ2) is 11.3. The first kappa shape index (κ1) is 26.3. The molecule has 0 spiro atoms. The first-order chi connectivity index (χ1) is 19.5. The van der Waals surface area contributed by atoms with Gasteiger partial charge in [-0.3, -0.25) is 14.5 Å². The smallest absolute Gasteiger partial charge is 0.238 e. The topological polar surface area (TPSA) is 66.8 Å². The molecule has 0 bridgehead atoms. The molecule has 204 valence electrons. The fraction of sp³-hybridized carbons (Fsp3) is 0.314. The van der Waals surface area contributed by atoms with Crippen molar-refractivity contribution in [3.8, 4) is 5.75 Å². The molecule has 5 nitrogen and oxygen atoms in total. The molecule has 3 aliphatic rings. The second-order valence-corrected chi connectivity index (χ2v) is 11.1. The van der Waals surface area contributed by atoms with Gasteiger partial charge in [0.05, 0.1) is 30.2 Å². The van der Waals surface area contributed by atoms with Crippen molar-refractivity contribution in [2.45, 2.75) is 45.1 Å². The van der Waals surface area contributed by atoms with E-state index in [2.05, 4.69) is 25.1 Å². The summed E-state index contributed by atoms with van der Waals surface area (Å²) in [4.78, 5) is 28.7. The fourth-order valence-electron chi connectivity index (χ4n) is 6.85. The predicted octanol–water partition coefficient (Wildman–Crippen LogP) is 7.03. The van der Waals surface area contributed by atoms with Gasteiger partial charge in [0.25, 0.3) is 0 Å². The normalized spacial score (nSPS) is 24.4. The number of amides is 2. The number of imide groups is 1. The number of hydrogen-bond acceptors (Lipinski definition) is 4. The van der Waals surface area contributed by atoms with Crippen LogP contribution >= 0.6 is 0 Å². The molecule has 5 heteroatoms. The van der Waals surface area contributed by atoms with Crippen LogP contribution < -0.4 is 4.90 Å². The minimum Gasteiger partial charge on any atom is -0.508 e. The zero-order chi connectivity index (χ0) is 27.6. The number of allylic oxidation sites excluding steroid dienone is 2. The Hall–Kier alpha value is -3.96. The lowest BCUT2D eigenvalue weighted by atomic mass is 9.68. The van der Waals surface area contributed by atoms with Crippen LogP contribution in [0, 0.1) is 17.8 Å². The molecule has 3 aromatic rings. The number of para-hydroxylation sites is 1. The number of fused-ring (bicyclic) bond motifs is 3. The Morgan fingerprint density at radius 2 is 1.62 bits per heavy atom. The molecule has 2 heterocycles. The van der Waals surface area contributed by atoms with Crippen molar-refractivity contribution in [1.29, 1.82) is 0 Å². The largest absolute Gasteiger partial charge is 0.508 e. The van der Waals surface area contributed by atoms with Crippen molar-refractivity contribution in [3.63, 3.8) is 0 Å². The van der Waals surface area contributed by atoms with Crippen LogP contribution in [0.5, 0.6) is 5.75 Å². The van der Waals surface area contributed by atoms with Gasteiger partial charge in [-0.25, -0.2) is 0 Å². The van der Waals surface area contributed by atoms with Gasteiger partial charge in [-0.15, -0.1) is 0 Å². The summed E-state index contributed by atoms with van der Waals surface area (Å²) in [6.07, 6.45) is 6.30. The number of aromatic hydroxyl groups is 1. The van der Waals surface area contributed by atoms with E-state index in [-0.39, 0.29) is 41.4 Å². The van der Waals surface area contributed by atoms with E-state index in [1.165, 1.54) is 21.6 Å². The van der Waals surface area contributed by atoms with Crippen LogP contribution in [0.3, 0.4) is 0 Å². The summed E-state index contributed by atoms with van der Waals surface area (Å²) in [5.41, 5.74) is 6.64. The summed E-state index contributed by atoms with van der Waals surface area (Å²) in [7, 11) is 0. The molecule has 0 radical (unpaired) electrons. The first-order valence-corrected chi connectivity index (χ1v) is 14.4. The van der Waals surface area contributed by atoms with Crippen LogP contribution in [-0.2, 0) is 14.3 Å². The maximum absolute atomic E-state index is 13.7. The number of phenolic OH excluding ortho intramolecular Hbond substituents is 1. The number of nitrogens with zero attached hydrogens (tertiary/aromatic N) is 1. The van der Waals surface area contributed by atoms with Crippen molar-refractivity contribution in [2.24, 2.45) is 17.8 Å². The third-order valence-corrected chi connectivity index (χ3v) is 8.63. The molecule has 2 saturated heterocycles. The van der Waals surface area contributed by atoms with Gasteiger partial charge in [0, 0.05) is 5.92 Å². The molecule has 0 unspecified atom stereocenters. The summed E-state index contributed by atoms with van der Waals surface area (Å²) in [5.74, 6) is -0.604. The van der Waals surface area contributed by atoms with Gasteiger partial charge in [-0.2, -0.15) is 0 Å². The lowest BCUT2D eigenvalue weighted by Gasteiger charge is -2.32. The molecule has 4 atom stereocenters. The standard InChI is InChI=1S/C35H35NO4/c1-2-9-26-21-29-33(35(39)36(34(29)38)27-12-7-4-8-13-27)30-22-40-31(32(26)30)19-16-25(24-10-5-3-6-11-24)20-23-14-17-28(37)18-15-23/h3-8,10-15,17-18,20,29-31,33,37H,2,9,16,19,21-22H2,1H3/b25-20-/t29-,30+,31-,33-/m1/s1. The van der Waals surface area contributed by atoms with Gasteiger partial charge < -0.3 is 9.84 Å². The number of carbonyl (C=O) groups excluding carboxylic acids is 2. The van der Waals surface area contributed by atoms with E-state index < -0.39 is 0 Å². The Morgan fingerprint density at radius 3 is 2.33 bits per heavy atom. The van der Waals surface area contributed by atoms with Gasteiger partial charge in [0.2, 0.25) is 11.8 Å². The van der Waals surface area contributed by atoms with Crippen molar-refractivity contribution < 1.29 is 19.4 Å². The zero-order valence-corrected chi connectivity index (χ0v) is 22.8. The molecule has 1 N–H and O–H groups in total. The van der Waals surface area contributed by atoms with Crippen LogP contribution in [0.1, 0.15) is 50.2 Å². The summed E-state index contributed by atoms with van der Waals surface area (Å²) in [6, 6.07) is 26.9. The molecule has 6 rings (SSSR count). The average Bonchev–Trinajstić information content (AvgIpc) is 3.51. The molecule has 2 aliphatic heterocycles. The van der Waals surface area contributed by atoms with Gasteiger partial charge in [0.1, 0.15) is 5.75 Å². The average molecular weight is 534 g/mol. The maximum Gasteiger partial charge on any atom is 0.238 e. The van der Waals surface area contributed by atoms with Crippen LogP contribution in [-0.4, -0.2) is 29.6 Å². The molecule has 2 fully saturated rings. The summed E-state index contributed by atoms with van der Waals surface area (Å²) in [6.45, 7) is 2.66. The molecule has 3 aromatic carbocycles. The number of rotatable bonds is 8. The third-order valence-electron chi connectivity index (χ3n) is 8.63. The Balaban J connectivity index is 1.28. The first-order valence-electron chi connectivity index (χ1n) is 14.4. The molecule has 0 saturated carbocycles. The van der Waals surface area contributed by atoms with Crippen molar-refractivity contribution in [2.75, 3.05) is 11.5 Å². The van der Waals surface area contributed by atoms with E-state index in [0.717, 1.165) is 36.8 Å².